The number of nitrogens with zero attached hydrogens (tertiary/aromatic N) is 2. The maximum Gasteiger partial charge on any atom is 0.244 e. The molecule has 0 saturated heterocycles. The maximum atomic E-state index is 14.4. The minimum Gasteiger partial charge on any atom is -0.352 e. The third-order valence-corrected chi connectivity index (χ3v) is 7.36. The molecule has 2 aromatic carbocycles. The van der Waals surface area contributed by atoms with E-state index in [0.717, 1.165) is 36.2 Å². The third-order valence-electron chi connectivity index (χ3n) is 6.23. The number of halogens is 1. The van der Waals surface area contributed by atoms with E-state index >= 15 is 0 Å². The molecule has 3 rings (SSSR count). The summed E-state index contributed by atoms with van der Waals surface area (Å²) in [5.41, 5.74) is 1.32. The van der Waals surface area contributed by atoms with E-state index in [9.17, 15) is 22.4 Å². The van der Waals surface area contributed by atoms with Gasteiger partial charge in [0.25, 0.3) is 0 Å². The number of para-hydroxylation sites is 1. The Labute approximate surface area is 201 Å². The van der Waals surface area contributed by atoms with E-state index < -0.39 is 34.3 Å². The smallest absolute Gasteiger partial charge is 0.244 e. The fourth-order valence-corrected chi connectivity index (χ4v) is 5.13. The Balaban J connectivity index is 1.90. The van der Waals surface area contributed by atoms with Crippen LogP contribution in [0.15, 0.2) is 48.5 Å². The van der Waals surface area contributed by atoms with Crippen molar-refractivity contribution in [2.75, 3.05) is 17.1 Å². The molecule has 1 saturated carbocycles. The minimum absolute atomic E-state index is 0.0554. The van der Waals surface area contributed by atoms with Crippen LogP contribution in [0.2, 0.25) is 0 Å². The van der Waals surface area contributed by atoms with Crippen LogP contribution in [0.1, 0.15) is 43.7 Å². The number of carbonyl (C=O) groups excluding carboxylic acids is 2. The van der Waals surface area contributed by atoms with Crippen LogP contribution in [-0.4, -0.2) is 50.0 Å². The highest BCUT2D eigenvalue weighted by Crippen LogP contribution is 2.23. The zero-order valence-electron chi connectivity index (χ0n) is 19.8. The van der Waals surface area contributed by atoms with Crippen LogP contribution >= 0.6 is 0 Å². The van der Waals surface area contributed by atoms with Gasteiger partial charge >= 0.3 is 0 Å². The second-order valence-electron chi connectivity index (χ2n) is 8.84. The lowest BCUT2D eigenvalue weighted by Gasteiger charge is -2.32. The number of aryl methyl sites for hydroxylation is 1. The Morgan fingerprint density at radius 2 is 1.71 bits per heavy atom. The van der Waals surface area contributed by atoms with Crippen LogP contribution in [0.4, 0.5) is 10.1 Å². The molecule has 0 radical (unpaired) electrons. The van der Waals surface area contributed by atoms with Crippen LogP contribution in [0.5, 0.6) is 0 Å². The number of carbonyl (C=O) groups is 2. The Hall–Kier alpha value is -2.94. The molecule has 1 atom stereocenters. The van der Waals surface area contributed by atoms with Gasteiger partial charge in [0.2, 0.25) is 21.8 Å². The number of hydrogen-bond donors (Lipinski definition) is 1. The van der Waals surface area contributed by atoms with Crippen molar-refractivity contribution in [3.05, 3.63) is 65.5 Å². The first-order chi connectivity index (χ1) is 16.1. The average molecular weight is 490 g/mol. The Bertz CT molecular complexity index is 1130. The first-order valence-corrected chi connectivity index (χ1v) is 13.3. The van der Waals surface area contributed by atoms with Gasteiger partial charge in [-0.1, -0.05) is 49.2 Å². The van der Waals surface area contributed by atoms with Crippen molar-refractivity contribution in [2.45, 2.75) is 58.2 Å². The van der Waals surface area contributed by atoms with Gasteiger partial charge in [0, 0.05) is 18.2 Å². The van der Waals surface area contributed by atoms with Crippen molar-refractivity contribution in [2.24, 2.45) is 0 Å². The van der Waals surface area contributed by atoms with Crippen molar-refractivity contribution in [3.63, 3.8) is 0 Å². The normalized spacial score (nSPS) is 15.1. The largest absolute Gasteiger partial charge is 0.352 e. The molecule has 7 nitrogen and oxygen atoms in total. The molecule has 1 fully saturated rings. The molecule has 0 spiro atoms. The molecule has 0 aliphatic heterocycles. The SMILES string of the molecule is Cc1ccccc1N(CC(=O)N(Cc1ccccc1F)[C@@H](C)C(=O)NC1CCCC1)S(C)(=O)=O. The average Bonchev–Trinajstić information content (AvgIpc) is 3.29. The van der Waals surface area contributed by atoms with Gasteiger partial charge in [-0.2, -0.15) is 0 Å². The molecule has 1 aliphatic carbocycles. The lowest BCUT2D eigenvalue weighted by Crippen LogP contribution is -2.52. The van der Waals surface area contributed by atoms with E-state index in [1.165, 1.54) is 11.0 Å². The number of rotatable bonds is 9. The lowest BCUT2D eigenvalue weighted by molar-refractivity contribution is -0.139. The van der Waals surface area contributed by atoms with Gasteiger partial charge < -0.3 is 10.2 Å². The first-order valence-electron chi connectivity index (χ1n) is 11.4. The fraction of sp³-hybridized carbons (Fsp3) is 0.440. The summed E-state index contributed by atoms with van der Waals surface area (Å²) in [6, 6.07) is 12.0. The van der Waals surface area contributed by atoms with E-state index in [1.54, 1.807) is 56.3 Å². The van der Waals surface area contributed by atoms with E-state index in [4.69, 9.17) is 0 Å². The van der Waals surface area contributed by atoms with E-state index in [1.807, 2.05) is 0 Å². The Morgan fingerprint density at radius 3 is 2.32 bits per heavy atom. The highest BCUT2D eigenvalue weighted by atomic mass is 32.2. The summed E-state index contributed by atoms with van der Waals surface area (Å²) in [5, 5.41) is 2.98. The molecule has 1 aliphatic rings. The standard InChI is InChI=1S/C25H32FN3O4S/c1-18-10-4-9-15-23(18)29(34(3,32)33)17-24(30)28(16-20-11-5-8-14-22(20)26)19(2)25(31)27-21-12-6-7-13-21/h4-5,8-11,14-15,19,21H,6-7,12-13,16-17H2,1-3H3,(H,27,31)/t19-/m0/s1. The highest BCUT2D eigenvalue weighted by Gasteiger charge is 2.32. The molecule has 0 heterocycles. The lowest BCUT2D eigenvalue weighted by atomic mass is 10.1. The van der Waals surface area contributed by atoms with E-state index in [0.29, 0.717) is 11.3 Å². The van der Waals surface area contributed by atoms with Gasteiger partial charge in [-0.15, -0.1) is 0 Å². The summed E-state index contributed by atoms with van der Waals surface area (Å²) in [5.74, 6) is -1.42. The molecular weight excluding hydrogens is 457 g/mol. The number of hydrogen-bond acceptors (Lipinski definition) is 4. The van der Waals surface area contributed by atoms with Crippen LogP contribution < -0.4 is 9.62 Å². The zero-order chi connectivity index (χ0) is 24.9. The molecule has 184 valence electrons. The topological polar surface area (TPSA) is 86.8 Å². The second kappa shape index (κ2) is 11.0. The minimum atomic E-state index is -3.80. The molecule has 2 amide bonds. The van der Waals surface area contributed by atoms with E-state index in [-0.39, 0.29) is 24.1 Å². The highest BCUT2D eigenvalue weighted by molar-refractivity contribution is 7.92. The van der Waals surface area contributed by atoms with Crippen LogP contribution in [0.3, 0.4) is 0 Å². The molecule has 0 bridgehead atoms. The molecule has 1 N–H and O–H groups in total. The van der Waals surface area contributed by atoms with Crippen molar-refractivity contribution in [1.82, 2.24) is 10.2 Å². The van der Waals surface area contributed by atoms with Crippen LogP contribution in [-0.2, 0) is 26.2 Å². The van der Waals surface area contributed by atoms with Crippen LogP contribution in [0.25, 0.3) is 0 Å². The van der Waals surface area contributed by atoms with E-state index in [2.05, 4.69) is 5.32 Å². The quantitative estimate of drug-likeness (QED) is 0.585. The summed E-state index contributed by atoms with van der Waals surface area (Å²) < 4.78 is 40.7. The molecule has 34 heavy (non-hydrogen) atoms. The van der Waals surface area contributed by atoms with Crippen molar-refractivity contribution >= 4 is 27.5 Å². The predicted octanol–water partition coefficient (Wildman–Crippen LogP) is 3.38. The number of anilines is 1. The fourth-order valence-electron chi connectivity index (χ4n) is 4.22. The van der Waals surface area contributed by atoms with Gasteiger partial charge in [0.05, 0.1) is 11.9 Å². The van der Waals surface area contributed by atoms with Gasteiger partial charge in [0.15, 0.2) is 0 Å². The summed E-state index contributed by atoms with van der Waals surface area (Å²) in [7, 11) is -3.80. The second-order valence-corrected chi connectivity index (χ2v) is 10.7. The van der Waals surface area contributed by atoms with Crippen LogP contribution in [0, 0.1) is 12.7 Å². The maximum absolute atomic E-state index is 14.4. The van der Waals surface area contributed by atoms with Gasteiger partial charge in [-0.25, -0.2) is 12.8 Å². The monoisotopic (exact) mass is 489 g/mol. The van der Waals surface area contributed by atoms with Gasteiger partial charge in [0.1, 0.15) is 18.4 Å². The summed E-state index contributed by atoms with van der Waals surface area (Å²) in [4.78, 5) is 27.7. The Kier molecular flexibility index (Phi) is 8.30. The molecule has 2 aromatic rings. The number of nitrogens with one attached hydrogen (secondary N) is 1. The van der Waals surface area contributed by atoms with Crippen molar-refractivity contribution < 1.29 is 22.4 Å². The zero-order valence-corrected chi connectivity index (χ0v) is 20.6. The number of benzene rings is 2. The third kappa shape index (κ3) is 6.34. The van der Waals surface area contributed by atoms with Gasteiger partial charge in [-0.05, 0) is 44.4 Å². The molecule has 9 heteroatoms. The number of amides is 2. The summed E-state index contributed by atoms with van der Waals surface area (Å²) in [6.07, 6.45) is 4.88. The van der Waals surface area contributed by atoms with Crippen molar-refractivity contribution in [1.29, 1.82) is 0 Å². The predicted molar refractivity (Wildman–Crippen MR) is 130 cm³/mol. The number of sulfonamides is 1. The summed E-state index contributed by atoms with van der Waals surface area (Å²) in [6.45, 7) is 2.68. The van der Waals surface area contributed by atoms with Crippen molar-refractivity contribution in [3.8, 4) is 0 Å². The Morgan fingerprint density at radius 1 is 1.09 bits per heavy atom. The molecule has 0 aromatic heterocycles. The summed E-state index contributed by atoms with van der Waals surface area (Å²) >= 11 is 0. The van der Waals surface area contributed by atoms with Gasteiger partial charge in [-0.3, -0.25) is 13.9 Å². The molecular formula is C25H32FN3O4S. The molecule has 0 unspecified atom stereocenters. The first kappa shape index (κ1) is 25.7.